The number of para-hydroxylation sites is 2. The molecule has 0 atom stereocenters. The van der Waals surface area contributed by atoms with Gasteiger partial charge in [0.2, 0.25) is 5.91 Å². The van der Waals surface area contributed by atoms with Crippen LogP contribution >= 0.6 is 0 Å². The molecule has 0 unspecified atom stereocenters. The van der Waals surface area contributed by atoms with Gasteiger partial charge in [-0.2, -0.15) is 0 Å². The first-order valence-electron chi connectivity index (χ1n) is 6.00. The van der Waals surface area contributed by atoms with Crippen LogP contribution in [0.5, 0.6) is 0 Å². The number of ether oxygens (including phenoxy) is 1. The molecule has 0 aliphatic rings. The number of benzene rings is 1. The second kappa shape index (κ2) is 6.61. The summed E-state index contributed by atoms with van der Waals surface area (Å²) in [6, 6.07) is 10.8. The predicted octanol–water partition coefficient (Wildman–Crippen LogP) is 2.41. The minimum Gasteiger partial charge on any atom is -0.467 e. The molecule has 5 nitrogen and oxygen atoms in total. The van der Waals surface area contributed by atoms with Crippen molar-refractivity contribution in [3.63, 3.8) is 0 Å². The summed E-state index contributed by atoms with van der Waals surface area (Å²) in [7, 11) is 0. The van der Waals surface area contributed by atoms with E-state index in [1.165, 1.54) is 0 Å². The van der Waals surface area contributed by atoms with Crippen molar-refractivity contribution < 1.29 is 13.9 Å². The van der Waals surface area contributed by atoms with Crippen LogP contribution < -0.4 is 11.1 Å². The third kappa shape index (κ3) is 4.15. The number of hydrogen-bond donors (Lipinski definition) is 2. The Morgan fingerprint density at radius 3 is 2.84 bits per heavy atom. The lowest BCUT2D eigenvalue weighted by Crippen LogP contribution is -2.15. The molecule has 0 aliphatic heterocycles. The zero-order chi connectivity index (χ0) is 13.5. The lowest BCUT2D eigenvalue weighted by atomic mass is 10.2. The molecule has 0 fully saturated rings. The van der Waals surface area contributed by atoms with Crippen LogP contribution in [-0.4, -0.2) is 12.5 Å². The normalized spacial score (nSPS) is 10.3. The van der Waals surface area contributed by atoms with Gasteiger partial charge in [0.1, 0.15) is 12.4 Å². The number of amides is 1. The Morgan fingerprint density at radius 2 is 2.11 bits per heavy atom. The minimum atomic E-state index is -0.127. The van der Waals surface area contributed by atoms with Gasteiger partial charge >= 0.3 is 0 Å². The maximum Gasteiger partial charge on any atom is 0.226 e. The van der Waals surface area contributed by atoms with Gasteiger partial charge in [-0.15, -0.1) is 0 Å². The van der Waals surface area contributed by atoms with Gasteiger partial charge in [0, 0.05) is 0 Å². The van der Waals surface area contributed by atoms with Crippen molar-refractivity contribution in [2.75, 3.05) is 17.7 Å². The van der Waals surface area contributed by atoms with Crippen molar-refractivity contribution in [1.29, 1.82) is 0 Å². The highest BCUT2D eigenvalue weighted by atomic mass is 16.5. The molecule has 0 saturated heterocycles. The average Bonchev–Trinajstić information content (AvgIpc) is 2.91. The Morgan fingerprint density at radius 1 is 1.26 bits per heavy atom. The zero-order valence-electron chi connectivity index (χ0n) is 10.5. The van der Waals surface area contributed by atoms with Gasteiger partial charge in [-0.1, -0.05) is 12.1 Å². The van der Waals surface area contributed by atoms with Crippen LogP contribution in [-0.2, 0) is 16.1 Å². The molecule has 0 aliphatic carbocycles. The van der Waals surface area contributed by atoms with E-state index in [9.17, 15) is 4.79 Å². The van der Waals surface area contributed by atoms with Gasteiger partial charge in [0.25, 0.3) is 0 Å². The van der Waals surface area contributed by atoms with E-state index in [2.05, 4.69) is 5.32 Å². The Balaban J connectivity index is 1.69. The van der Waals surface area contributed by atoms with Crippen LogP contribution in [0.2, 0.25) is 0 Å². The topological polar surface area (TPSA) is 77.5 Å². The van der Waals surface area contributed by atoms with Gasteiger partial charge < -0.3 is 20.2 Å². The highest BCUT2D eigenvalue weighted by molar-refractivity contribution is 5.93. The van der Waals surface area contributed by atoms with E-state index < -0.39 is 0 Å². The first-order valence-corrected chi connectivity index (χ1v) is 6.00. The van der Waals surface area contributed by atoms with Crippen molar-refractivity contribution in [3.8, 4) is 0 Å². The fourth-order valence-corrected chi connectivity index (χ4v) is 1.56. The van der Waals surface area contributed by atoms with E-state index in [1.54, 1.807) is 24.5 Å². The fraction of sp³-hybridized carbons (Fsp3) is 0.214. The molecule has 1 aromatic heterocycles. The smallest absolute Gasteiger partial charge is 0.226 e. The van der Waals surface area contributed by atoms with Gasteiger partial charge in [-0.05, 0) is 24.3 Å². The predicted molar refractivity (Wildman–Crippen MR) is 72.5 cm³/mol. The van der Waals surface area contributed by atoms with Crippen molar-refractivity contribution >= 4 is 17.3 Å². The SMILES string of the molecule is Nc1ccccc1NC(=O)CCOCc1ccco1. The number of nitrogens with two attached hydrogens (primary N) is 1. The van der Waals surface area contributed by atoms with E-state index in [1.807, 2.05) is 18.2 Å². The molecule has 1 heterocycles. The van der Waals surface area contributed by atoms with Crippen LogP contribution in [0.15, 0.2) is 47.1 Å². The molecule has 0 radical (unpaired) electrons. The van der Waals surface area contributed by atoms with Crippen LogP contribution in [0.1, 0.15) is 12.2 Å². The summed E-state index contributed by atoms with van der Waals surface area (Å²) in [4.78, 5) is 11.7. The van der Waals surface area contributed by atoms with Crippen LogP contribution in [0, 0.1) is 0 Å². The molecule has 2 aromatic rings. The molecule has 2 rings (SSSR count). The molecular weight excluding hydrogens is 244 g/mol. The van der Waals surface area contributed by atoms with E-state index in [4.69, 9.17) is 14.9 Å². The molecule has 100 valence electrons. The van der Waals surface area contributed by atoms with Crippen LogP contribution in [0.3, 0.4) is 0 Å². The van der Waals surface area contributed by atoms with Gasteiger partial charge in [-0.3, -0.25) is 4.79 Å². The van der Waals surface area contributed by atoms with Crippen molar-refractivity contribution in [2.45, 2.75) is 13.0 Å². The largest absolute Gasteiger partial charge is 0.467 e. The van der Waals surface area contributed by atoms with E-state index in [-0.39, 0.29) is 12.3 Å². The number of carbonyl (C=O) groups is 1. The number of carbonyl (C=O) groups excluding carboxylic acids is 1. The number of nitrogen functional groups attached to an aromatic ring is 1. The van der Waals surface area contributed by atoms with Crippen LogP contribution in [0.4, 0.5) is 11.4 Å². The first-order chi connectivity index (χ1) is 9.25. The van der Waals surface area contributed by atoms with Crippen molar-refractivity contribution in [2.24, 2.45) is 0 Å². The number of rotatable bonds is 6. The highest BCUT2D eigenvalue weighted by Crippen LogP contribution is 2.16. The first kappa shape index (κ1) is 13.2. The molecule has 3 N–H and O–H groups in total. The molecule has 19 heavy (non-hydrogen) atoms. The lowest BCUT2D eigenvalue weighted by Gasteiger charge is -2.07. The average molecular weight is 260 g/mol. The number of hydrogen-bond acceptors (Lipinski definition) is 4. The van der Waals surface area contributed by atoms with Crippen molar-refractivity contribution in [1.82, 2.24) is 0 Å². The molecule has 0 saturated carbocycles. The standard InChI is InChI=1S/C14H16N2O3/c15-12-5-1-2-6-13(12)16-14(17)7-9-18-10-11-4-3-8-19-11/h1-6,8H,7,9-10,15H2,(H,16,17). The summed E-state index contributed by atoms with van der Waals surface area (Å²) in [6.07, 6.45) is 1.86. The summed E-state index contributed by atoms with van der Waals surface area (Å²) in [5, 5.41) is 2.74. The number of anilines is 2. The molecule has 1 aromatic carbocycles. The minimum absolute atomic E-state index is 0.127. The van der Waals surface area contributed by atoms with Gasteiger partial charge in [0.15, 0.2) is 0 Å². The molecule has 0 spiro atoms. The number of nitrogens with one attached hydrogen (secondary N) is 1. The zero-order valence-corrected chi connectivity index (χ0v) is 10.5. The van der Waals surface area contributed by atoms with Crippen LogP contribution in [0.25, 0.3) is 0 Å². The molecular formula is C14H16N2O3. The maximum atomic E-state index is 11.7. The lowest BCUT2D eigenvalue weighted by molar-refractivity contribution is -0.117. The van der Waals surface area contributed by atoms with E-state index in [0.717, 1.165) is 5.76 Å². The third-order valence-corrected chi connectivity index (χ3v) is 2.53. The van der Waals surface area contributed by atoms with E-state index in [0.29, 0.717) is 24.6 Å². The van der Waals surface area contributed by atoms with E-state index >= 15 is 0 Å². The summed E-state index contributed by atoms with van der Waals surface area (Å²) in [6.45, 7) is 0.701. The molecule has 1 amide bonds. The Hall–Kier alpha value is -2.27. The fourth-order valence-electron chi connectivity index (χ4n) is 1.56. The second-order valence-corrected chi connectivity index (χ2v) is 4.02. The summed E-state index contributed by atoms with van der Waals surface area (Å²) in [5.74, 6) is 0.616. The highest BCUT2D eigenvalue weighted by Gasteiger charge is 2.05. The Labute approximate surface area is 111 Å². The number of furan rings is 1. The molecule has 0 bridgehead atoms. The summed E-state index contributed by atoms with van der Waals surface area (Å²) < 4.78 is 10.4. The van der Waals surface area contributed by atoms with Crippen molar-refractivity contribution in [3.05, 3.63) is 48.4 Å². The maximum absolute atomic E-state index is 11.7. The van der Waals surface area contributed by atoms with Gasteiger partial charge in [-0.25, -0.2) is 0 Å². The monoisotopic (exact) mass is 260 g/mol. The summed E-state index contributed by atoms with van der Waals surface area (Å²) in [5.41, 5.74) is 6.90. The Bertz CT molecular complexity index is 523. The third-order valence-electron chi connectivity index (χ3n) is 2.53. The van der Waals surface area contributed by atoms with Gasteiger partial charge in [0.05, 0.1) is 30.7 Å². The molecule has 5 heteroatoms. The Kier molecular flexibility index (Phi) is 4.58. The quantitative estimate of drug-likeness (QED) is 0.617. The second-order valence-electron chi connectivity index (χ2n) is 4.02. The summed E-state index contributed by atoms with van der Waals surface area (Å²) >= 11 is 0.